The second-order valence-corrected chi connectivity index (χ2v) is 7.02. The summed E-state index contributed by atoms with van der Waals surface area (Å²) in [6.45, 7) is 7.78. The lowest BCUT2D eigenvalue weighted by molar-refractivity contribution is -0.161. The summed E-state index contributed by atoms with van der Waals surface area (Å²) < 4.78 is 5.32. The molecule has 4 heteroatoms. The molecule has 1 fully saturated rings. The first-order valence-corrected chi connectivity index (χ1v) is 7.96. The number of esters is 1. The summed E-state index contributed by atoms with van der Waals surface area (Å²) in [5.41, 5.74) is -0.0675. The Labute approximate surface area is 133 Å². The van der Waals surface area contributed by atoms with Crippen LogP contribution >= 0.6 is 0 Å². The Kier molecular flexibility index (Phi) is 5.24. The third kappa shape index (κ3) is 5.11. The van der Waals surface area contributed by atoms with E-state index in [0.717, 1.165) is 19.6 Å². The number of rotatable bonds is 5. The molecule has 0 aliphatic carbocycles. The minimum Gasteiger partial charge on any atom is -0.460 e. The van der Waals surface area contributed by atoms with E-state index in [1.165, 1.54) is 12.5 Å². The van der Waals surface area contributed by atoms with Crippen molar-refractivity contribution in [3.05, 3.63) is 35.9 Å². The van der Waals surface area contributed by atoms with Crippen molar-refractivity contribution < 1.29 is 14.6 Å². The average molecular weight is 305 g/mol. The maximum Gasteiger partial charge on any atom is 0.303 e. The molecule has 0 radical (unpaired) electrons. The molecule has 0 aromatic heterocycles. The van der Waals surface area contributed by atoms with Crippen LogP contribution in [0.5, 0.6) is 0 Å². The van der Waals surface area contributed by atoms with Crippen molar-refractivity contribution in [1.29, 1.82) is 0 Å². The molecule has 1 aliphatic heterocycles. The lowest BCUT2D eigenvalue weighted by Crippen LogP contribution is -2.48. The van der Waals surface area contributed by atoms with Gasteiger partial charge < -0.3 is 9.84 Å². The number of ether oxygens (including phenoxy) is 1. The number of hydrogen-bond donors (Lipinski definition) is 1. The molecule has 4 nitrogen and oxygen atoms in total. The normalized spacial score (nSPS) is 18.9. The van der Waals surface area contributed by atoms with Gasteiger partial charge in [0.25, 0.3) is 0 Å². The molecule has 1 aromatic carbocycles. The van der Waals surface area contributed by atoms with Gasteiger partial charge in [0.1, 0.15) is 5.60 Å². The lowest BCUT2D eigenvalue weighted by atomic mass is 9.82. The van der Waals surface area contributed by atoms with Crippen LogP contribution < -0.4 is 0 Å². The van der Waals surface area contributed by atoms with Crippen LogP contribution in [0.3, 0.4) is 0 Å². The number of nitrogens with zero attached hydrogens (tertiary/aromatic N) is 1. The number of piperidine rings is 1. The van der Waals surface area contributed by atoms with E-state index >= 15 is 0 Å². The molecule has 0 saturated carbocycles. The Morgan fingerprint density at radius 2 is 1.86 bits per heavy atom. The third-order valence-corrected chi connectivity index (χ3v) is 4.21. The molecule has 1 heterocycles. The molecule has 122 valence electrons. The van der Waals surface area contributed by atoms with Crippen molar-refractivity contribution in [2.45, 2.75) is 57.8 Å². The van der Waals surface area contributed by atoms with Crippen LogP contribution in [-0.2, 0) is 16.1 Å². The fraction of sp³-hybridized carbons (Fsp3) is 0.611. The van der Waals surface area contributed by atoms with Crippen LogP contribution in [-0.4, -0.2) is 40.3 Å². The van der Waals surface area contributed by atoms with Gasteiger partial charge in [-0.3, -0.25) is 9.69 Å². The lowest BCUT2D eigenvalue weighted by Gasteiger charge is -2.41. The summed E-state index contributed by atoms with van der Waals surface area (Å²) in [7, 11) is 0. The Hall–Kier alpha value is -1.39. The third-order valence-electron chi connectivity index (χ3n) is 4.21. The summed E-state index contributed by atoms with van der Waals surface area (Å²) in [5, 5.41) is 10.8. The average Bonchev–Trinajstić information content (AvgIpc) is 2.40. The highest BCUT2D eigenvalue weighted by molar-refractivity contribution is 5.66. The number of benzene rings is 1. The first-order chi connectivity index (χ1) is 10.3. The molecule has 0 unspecified atom stereocenters. The van der Waals surface area contributed by atoms with Gasteiger partial charge in [0, 0.05) is 33.0 Å². The SMILES string of the molecule is CC(=O)OC(C)(C)CC1(O)CCN(Cc2ccccc2)CC1. The van der Waals surface area contributed by atoms with E-state index < -0.39 is 11.2 Å². The monoisotopic (exact) mass is 305 g/mol. The molecule has 2 rings (SSSR count). The molecule has 1 aliphatic rings. The fourth-order valence-corrected chi connectivity index (χ4v) is 3.36. The smallest absolute Gasteiger partial charge is 0.303 e. The summed E-state index contributed by atoms with van der Waals surface area (Å²) in [4.78, 5) is 13.5. The van der Waals surface area contributed by atoms with Crippen molar-refractivity contribution in [3.8, 4) is 0 Å². The van der Waals surface area contributed by atoms with Gasteiger partial charge in [0.05, 0.1) is 5.60 Å². The maximum atomic E-state index is 11.1. The molecule has 1 N–H and O–H groups in total. The number of hydrogen-bond acceptors (Lipinski definition) is 4. The van der Waals surface area contributed by atoms with Crippen LogP contribution in [0.1, 0.15) is 45.6 Å². The maximum absolute atomic E-state index is 11.1. The van der Waals surface area contributed by atoms with Gasteiger partial charge in [0.15, 0.2) is 0 Å². The van der Waals surface area contributed by atoms with Crippen molar-refractivity contribution in [2.75, 3.05) is 13.1 Å². The molecule has 22 heavy (non-hydrogen) atoms. The van der Waals surface area contributed by atoms with Crippen molar-refractivity contribution in [1.82, 2.24) is 4.90 Å². The van der Waals surface area contributed by atoms with Gasteiger partial charge in [-0.1, -0.05) is 30.3 Å². The molecule has 0 amide bonds. The second kappa shape index (κ2) is 6.80. The number of likely N-dealkylation sites (tertiary alicyclic amines) is 1. The number of carbonyl (C=O) groups excluding carboxylic acids is 1. The zero-order chi connectivity index (χ0) is 16.2. The summed E-state index contributed by atoms with van der Waals surface area (Å²) in [6.07, 6.45) is 1.91. The second-order valence-electron chi connectivity index (χ2n) is 7.02. The van der Waals surface area contributed by atoms with Crippen LogP contribution in [0.4, 0.5) is 0 Å². The van der Waals surface area contributed by atoms with E-state index in [0.29, 0.717) is 19.3 Å². The van der Waals surface area contributed by atoms with Gasteiger partial charge in [-0.15, -0.1) is 0 Å². The van der Waals surface area contributed by atoms with Crippen molar-refractivity contribution in [3.63, 3.8) is 0 Å². The number of aliphatic hydroxyl groups is 1. The van der Waals surface area contributed by atoms with Crippen molar-refractivity contribution >= 4 is 5.97 Å². The predicted molar refractivity (Wildman–Crippen MR) is 86.4 cm³/mol. The Balaban J connectivity index is 1.86. The molecule has 0 atom stereocenters. The topological polar surface area (TPSA) is 49.8 Å². The van der Waals surface area contributed by atoms with Crippen LogP contribution in [0.15, 0.2) is 30.3 Å². The van der Waals surface area contributed by atoms with E-state index in [1.807, 2.05) is 19.9 Å². The first-order valence-electron chi connectivity index (χ1n) is 7.96. The van der Waals surface area contributed by atoms with E-state index in [9.17, 15) is 9.90 Å². The standard InChI is InChI=1S/C18H27NO3/c1-15(20)22-17(2,3)14-18(21)9-11-19(12-10-18)13-16-7-5-4-6-8-16/h4-8,21H,9-14H2,1-3H3. The Bertz CT molecular complexity index is 490. The molecule has 1 saturated heterocycles. The number of carbonyl (C=O) groups is 1. The predicted octanol–water partition coefficient (Wildman–Crippen LogP) is 2.75. The van der Waals surface area contributed by atoms with Gasteiger partial charge in [-0.05, 0) is 32.3 Å². The largest absolute Gasteiger partial charge is 0.460 e. The van der Waals surface area contributed by atoms with E-state index in [1.54, 1.807) is 0 Å². The summed E-state index contributed by atoms with van der Waals surface area (Å²) in [6, 6.07) is 10.4. The fourth-order valence-electron chi connectivity index (χ4n) is 3.36. The molecular weight excluding hydrogens is 278 g/mol. The summed E-state index contributed by atoms with van der Waals surface area (Å²) >= 11 is 0. The highest BCUT2D eigenvalue weighted by Gasteiger charge is 2.38. The van der Waals surface area contributed by atoms with Crippen molar-refractivity contribution in [2.24, 2.45) is 0 Å². The molecular formula is C18H27NO3. The Morgan fingerprint density at radius 1 is 1.27 bits per heavy atom. The van der Waals surface area contributed by atoms with Gasteiger partial charge >= 0.3 is 5.97 Å². The van der Waals surface area contributed by atoms with Crippen LogP contribution in [0, 0.1) is 0 Å². The molecule has 0 spiro atoms. The van der Waals surface area contributed by atoms with E-state index in [-0.39, 0.29) is 5.97 Å². The van der Waals surface area contributed by atoms with Gasteiger partial charge in [-0.2, -0.15) is 0 Å². The first kappa shape index (κ1) is 17.0. The van der Waals surface area contributed by atoms with E-state index in [2.05, 4.69) is 29.2 Å². The summed E-state index contributed by atoms with van der Waals surface area (Å²) in [5.74, 6) is -0.296. The Morgan fingerprint density at radius 3 is 2.41 bits per heavy atom. The van der Waals surface area contributed by atoms with Gasteiger partial charge in [-0.25, -0.2) is 0 Å². The zero-order valence-electron chi connectivity index (χ0n) is 13.8. The highest BCUT2D eigenvalue weighted by Crippen LogP contribution is 2.32. The van der Waals surface area contributed by atoms with Crippen LogP contribution in [0.25, 0.3) is 0 Å². The van der Waals surface area contributed by atoms with E-state index in [4.69, 9.17) is 4.74 Å². The van der Waals surface area contributed by atoms with Gasteiger partial charge in [0.2, 0.25) is 0 Å². The quantitative estimate of drug-likeness (QED) is 0.850. The minimum absolute atomic E-state index is 0.296. The van der Waals surface area contributed by atoms with Crippen LogP contribution in [0.2, 0.25) is 0 Å². The molecule has 0 bridgehead atoms. The molecule has 1 aromatic rings. The minimum atomic E-state index is -0.744. The highest BCUT2D eigenvalue weighted by atomic mass is 16.6. The zero-order valence-corrected chi connectivity index (χ0v) is 13.8.